The topological polar surface area (TPSA) is 34.0 Å². The molecule has 1 saturated heterocycles. The van der Waals surface area contributed by atoms with Gasteiger partial charge in [-0.2, -0.15) is 0 Å². The van der Waals surface area contributed by atoms with E-state index in [4.69, 9.17) is 0 Å². The van der Waals surface area contributed by atoms with Gasteiger partial charge in [0, 0.05) is 21.5 Å². The quantitative estimate of drug-likeness (QED) is 0.595. The van der Waals surface area contributed by atoms with E-state index in [1.54, 1.807) is 0 Å². The molecule has 3 aromatic rings. The highest BCUT2D eigenvalue weighted by Gasteiger charge is 2.21. The van der Waals surface area contributed by atoms with Crippen molar-refractivity contribution >= 4 is 44.5 Å². The van der Waals surface area contributed by atoms with E-state index in [2.05, 4.69) is 67.3 Å². The average Bonchev–Trinajstić information content (AvgIpc) is 2.91. The Morgan fingerprint density at radius 2 is 2.14 bits per heavy atom. The molecular formula is C16H17IN4. The molecule has 1 aliphatic rings. The van der Waals surface area contributed by atoms with Gasteiger partial charge >= 0.3 is 0 Å². The summed E-state index contributed by atoms with van der Waals surface area (Å²) in [5.74, 6) is 0. The van der Waals surface area contributed by atoms with Crippen LogP contribution >= 0.6 is 22.6 Å². The molecule has 4 nitrogen and oxygen atoms in total. The molecule has 0 bridgehead atoms. The molecule has 1 unspecified atom stereocenters. The number of hydrogen-bond acceptors (Lipinski definition) is 3. The highest BCUT2D eigenvalue weighted by Crippen LogP contribution is 2.30. The molecule has 0 saturated carbocycles. The number of hydrogen-bond donors (Lipinski definition) is 0. The minimum Gasteiger partial charge on any atom is -0.326 e. The van der Waals surface area contributed by atoms with Gasteiger partial charge in [0.05, 0.1) is 23.6 Å². The van der Waals surface area contributed by atoms with Gasteiger partial charge in [-0.25, -0.2) is 4.98 Å². The summed E-state index contributed by atoms with van der Waals surface area (Å²) in [5, 5.41) is 1.21. The summed E-state index contributed by atoms with van der Waals surface area (Å²) in [5.41, 5.74) is 3.28. The minimum atomic E-state index is 0.511. The van der Waals surface area contributed by atoms with E-state index in [9.17, 15) is 0 Å². The Bertz CT molecular complexity index is 810. The normalized spacial score (nSPS) is 20.4. The first-order chi connectivity index (χ1) is 10.2. The first-order valence-electron chi connectivity index (χ1n) is 7.32. The van der Waals surface area contributed by atoms with Crippen molar-refractivity contribution in [1.29, 1.82) is 0 Å². The summed E-state index contributed by atoms with van der Waals surface area (Å²) >= 11 is 2.36. The van der Waals surface area contributed by atoms with E-state index >= 15 is 0 Å². The average molecular weight is 392 g/mol. The molecule has 108 valence electrons. The molecule has 1 aliphatic heterocycles. The maximum absolute atomic E-state index is 4.58. The zero-order valence-electron chi connectivity index (χ0n) is 12.0. The third kappa shape index (κ3) is 2.32. The molecule has 0 N–H and O–H groups in total. The van der Waals surface area contributed by atoms with Crippen molar-refractivity contribution in [2.45, 2.75) is 18.9 Å². The molecule has 2 aromatic heterocycles. The van der Waals surface area contributed by atoms with Crippen LogP contribution in [0.5, 0.6) is 0 Å². The first-order valence-corrected chi connectivity index (χ1v) is 8.39. The van der Waals surface area contributed by atoms with Gasteiger partial charge in [-0.1, -0.05) is 0 Å². The molecule has 0 amide bonds. The number of likely N-dealkylation sites (N-methyl/N-ethyl adjacent to an activating group) is 1. The van der Waals surface area contributed by atoms with Crippen molar-refractivity contribution in [1.82, 2.24) is 19.4 Å². The number of benzene rings is 1. The molecule has 0 radical (unpaired) electrons. The summed E-state index contributed by atoms with van der Waals surface area (Å²) in [6.07, 6.45) is 6.37. The van der Waals surface area contributed by atoms with Crippen LogP contribution in [0.25, 0.3) is 21.9 Å². The zero-order chi connectivity index (χ0) is 14.4. The number of imidazole rings is 1. The summed E-state index contributed by atoms with van der Waals surface area (Å²) in [6.45, 7) is 2.29. The third-order valence-corrected chi connectivity index (χ3v) is 5.03. The number of rotatable bonds is 1. The summed E-state index contributed by atoms with van der Waals surface area (Å²) in [6, 6.07) is 6.94. The molecule has 1 fully saturated rings. The number of likely N-dealkylation sites (tertiary alicyclic amines) is 1. The van der Waals surface area contributed by atoms with Crippen molar-refractivity contribution < 1.29 is 0 Å². The van der Waals surface area contributed by atoms with Gasteiger partial charge < -0.3 is 9.47 Å². The van der Waals surface area contributed by atoms with E-state index in [1.165, 1.54) is 33.9 Å². The maximum atomic E-state index is 4.58. The second-order valence-corrected chi connectivity index (χ2v) is 7.11. The lowest BCUT2D eigenvalue weighted by Crippen LogP contribution is -2.33. The highest BCUT2D eigenvalue weighted by molar-refractivity contribution is 14.1. The van der Waals surface area contributed by atoms with E-state index in [-0.39, 0.29) is 0 Å². The number of halogens is 1. The van der Waals surface area contributed by atoms with Gasteiger partial charge in [0.1, 0.15) is 5.52 Å². The van der Waals surface area contributed by atoms with Crippen LogP contribution in [0.4, 0.5) is 0 Å². The Balaban J connectivity index is 1.95. The van der Waals surface area contributed by atoms with Crippen LogP contribution in [0.15, 0.2) is 30.7 Å². The lowest BCUT2D eigenvalue weighted by Gasteiger charge is -2.31. The predicted molar refractivity (Wildman–Crippen MR) is 93.5 cm³/mol. The lowest BCUT2D eigenvalue weighted by atomic mass is 10.1. The molecule has 1 aromatic carbocycles. The molecule has 5 heteroatoms. The molecule has 0 spiro atoms. The Hall–Kier alpha value is -1.21. The standard InChI is InChI=1S/C16H17IN4/c1-20-6-2-3-12(9-20)21-10-19-15-8-18-14-5-4-11(17)7-13(14)16(15)21/h4-5,7-8,10,12H,2-3,6,9H2,1H3. The summed E-state index contributed by atoms with van der Waals surface area (Å²) in [4.78, 5) is 11.5. The minimum absolute atomic E-state index is 0.511. The van der Waals surface area contributed by atoms with Crippen molar-refractivity contribution in [3.63, 3.8) is 0 Å². The number of fused-ring (bicyclic) bond motifs is 3. The van der Waals surface area contributed by atoms with Gasteiger partial charge in [0.25, 0.3) is 0 Å². The molecule has 3 heterocycles. The Labute approximate surface area is 137 Å². The van der Waals surface area contributed by atoms with Gasteiger partial charge in [-0.3, -0.25) is 4.98 Å². The van der Waals surface area contributed by atoms with Crippen molar-refractivity contribution in [3.8, 4) is 0 Å². The van der Waals surface area contributed by atoms with Gasteiger partial charge in [-0.05, 0) is 67.2 Å². The van der Waals surface area contributed by atoms with Gasteiger partial charge in [0.15, 0.2) is 0 Å². The SMILES string of the molecule is CN1CCCC(n2cnc3cnc4ccc(I)cc4c32)C1. The highest BCUT2D eigenvalue weighted by atomic mass is 127. The van der Waals surface area contributed by atoms with Crippen LogP contribution in [0.1, 0.15) is 18.9 Å². The van der Waals surface area contributed by atoms with Crippen LogP contribution in [0, 0.1) is 3.57 Å². The molecule has 0 aliphatic carbocycles. The second-order valence-electron chi connectivity index (χ2n) is 5.86. The van der Waals surface area contributed by atoms with E-state index in [0.29, 0.717) is 6.04 Å². The van der Waals surface area contributed by atoms with E-state index < -0.39 is 0 Å². The molecular weight excluding hydrogens is 375 g/mol. The fourth-order valence-corrected chi connectivity index (χ4v) is 3.82. The van der Waals surface area contributed by atoms with Crippen molar-refractivity contribution in [2.24, 2.45) is 0 Å². The van der Waals surface area contributed by atoms with Gasteiger partial charge in [0.2, 0.25) is 0 Å². The van der Waals surface area contributed by atoms with Crippen LogP contribution in [0.3, 0.4) is 0 Å². The molecule has 4 rings (SSSR count). The summed E-state index contributed by atoms with van der Waals surface area (Å²) in [7, 11) is 2.20. The maximum Gasteiger partial charge on any atom is 0.107 e. The summed E-state index contributed by atoms with van der Waals surface area (Å²) < 4.78 is 3.60. The molecule has 21 heavy (non-hydrogen) atoms. The number of nitrogens with zero attached hydrogens (tertiary/aromatic N) is 4. The van der Waals surface area contributed by atoms with Crippen LogP contribution in [-0.2, 0) is 0 Å². The number of pyridine rings is 1. The smallest absolute Gasteiger partial charge is 0.107 e. The monoisotopic (exact) mass is 392 g/mol. The predicted octanol–water partition coefficient (Wildman–Crippen LogP) is 3.46. The van der Waals surface area contributed by atoms with E-state index in [1.807, 2.05) is 12.5 Å². The Kier molecular flexibility index (Phi) is 3.34. The molecule has 1 atom stereocenters. The number of piperidine rings is 1. The van der Waals surface area contributed by atoms with Gasteiger partial charge in [-0.15, -0.1) is 0 Å². The fourth-order valence-electron chi connectivity index (χ4n) is 3.33. The lowest BCUT2D eigenvalue weighted by molar-refractivity contribution is 0.215. The number of aromatic nitrogens is 3. The zero-order valence-corrected chi connectivity index (χ0v) is 14.1. The first kappa shape index (κ1) is 13.5. The Morgan fingerprint density at radius 3 is 3.00 bits per heavy atom. The van der Waals surface area contributed by atoms with Crippen molar-refractivity contribution in [2.75, 3.05) is 20.1 Å². The fraction of sp³-hybridized carbons (Fsp3) is 0.375. The second kappa shape index (κ2) is 5.21. The van der Waals surface area contributed by atoms with Crippen LogP contribution in [0.2, 0.25) is 0 Å². The van der Waals surface area contributed by atoms with E-state index in [0.717, 1.165) is 17.6 Å². The Morgan fingerprint density at radius 1 is 1.24 bits per heavy atom. The third-order valence-electron chi connectivity index (χ3n) is 4.35. The van der Waals surface area contributed by atoms with Crippen LogP contribution in [-0.4, -0.2) is 39.6 Å². The largest absolute Gasteiger partial charge is 0.326 e. The van der Waals surface area contributed by atoms with Crippen LogP contribution < -0.4 is 0 Å². The van der Waals surface area contributed by atoms with Crippen molar-refractivity contribution in [3.05, 3.63) is 34.3 Å².